The Bertz CT molecular complexity index is 534. The van der Waals surface area contributed by atoms with Crippen molar-refractivity contribution in [2.75, 3.05) is 26.4 Å². The summed E-state index contributed by atoms with van der Waals surface area (Å²) in [5.41, 5.74) is 0.464. The normalized spacial score (nSPS) is 15.1. The lowest BCUT2D eigenvalue weighted by Gasteiger charge is -2.24. The van der Waals surface area contributed by atoms with Gasteiger partial charge >= 0.3 is 0 Å². The van der Waals surface area contributed by atoms with Gasteiger partial charge in [-0.3, -0.25) is 14.5 Å². The van der Waals surface area contributed by atoms with Crippen LogP contribution in [0, 0.1) is 11.3 Å². The molecule has 0 unspecified atom stereocenters. The maximum Gasteiger partial charge on any atom is 0.255 e. The summed E-state index contributed by atoms with van der Waals surface area (Å²) in [6.07, 6.45) is 0.511. The van der Waals surface area contributed by atoms with Gasteiger partial charge in [-0.15, -0.1) is 0 Å². The fourth-order valence-corrected chi connectivity index (χ4v) is 1.86. The summed E-state index contributed by atoms with van der Waals surface area (Å²) in [7, 11) is 0. The first-order valence-electron chi connectivity index (χ1n) is 6.25. The van der Waals surface area contributed by atoms with Crippen molar-refractivity contribution in [2.45, 2.75) is 6.42 Å². The predicted octanol–water partition coefficient (Wildman–Crippen LogP) is 0.713. The maximum atomic E-state index is 11.5. The van der Waals surface area contributed by atoms with E-state index in [4.69, 9.17) is 14.7 Å². The number of hydrogen-bond acceptors (Lipinski definition) is 5. The Morgan fingerprint density at radius 1 is 1.25 bits per heavy atom. The Morgan fingerprint density at radius 3 is 2.65 bits per heavy atom. The Morgan fingerprint density at radius 2 is 1.95 bits per heavy atom. The van der Waals surface area contributed by atoms with Crippen LogP contribution >= 0.6 is 0 Å². The van der Waals surface area contributed by atoms with E-state index in [0.29, 0.717) is 30.9 Å². The molecule has 1 aromatic carbocycles. The van der Waals surface area contributed by atoms with Crippen molar-refractivity contribution in [2.24, 2.45) is 0 Å². The zero-order valence-electron chi connectivity index (χ0n) is 10.9. The van der Waals surface area contributed by atoms with Crippen LogP contribution in [0.15, 0.2) is 24.3 Å². The molecular formula is C14H14N2O4. The van der Waals surface area contributed by atoms with Gasteiger partial charge in [0.1, 0.15) is 25.0 Å². The van der Waals surface area contributed by atoms with Crippen LogP contribution in [-0.2, 0) is 14.3 Å². The van der Waals surface area contributed by atoms with Crippen LogP contribution in [0.3, 0.4) is 0 Å². The molecule has 1 saturated heterocycles. The average Bonchev–Trinajstić information content (AvgIpc) is 2.46. The van der Waals surface area contributed by atoms with Gasteiger partial charge in [0.05, 0.1) is 12.2 Å². The van der Waals surface area contributed by atoms with Crippen molar-refractivity contribution < 1.29 is 19.1 Å². The number of rotatable bonds is 5. The van der Waals surface area contributed by atoms with E-state index >= 15 is 0 Å². The second-order valence-electron chi connectivity index (χ2n) is 4.24. The number of hydrogen-bond donors (Lipinski definition) is 0. The summed E-state index contributed by atoms with van der Waals surface area (Å²) in [6.45, 7) is 0.528. The van der Waals surface area contributed by atoms with Gasteiger partial charge in [-0.2, -0.15) is 5.26 Å². The van der Waals surface area contributed by atoms with Crippen molar-refractivity contribution in [3.8, 4) is 11.8 Å². The van der Waals surface area contributed by atoms with Crippen molar-refractivity contribution in [3.63, 3.8) is 0 Å². The standard InChI is InChI=1S/C14H14N2O4/c15-8-11-4-1-2-5-12(11)20-7-3-6-16-13(17)9-19-10-14(16)18/h1-2,4-5H,3,6-7,9-10H2. The highest BCUT2D eigenvalue weighted by atomic mass is 16.5. The fourth-order valence-electron chi connectivity index (χ4n) is 1.86. The largest absolute Gasteiger partial charge is 0.492 e. The van der Waals surface area contributed by atoms with Gasteiger partial charge in [0, 0.05) is 6.54 Å². The summed E-state index contributed by atoms with van der Waals surface area (Å²) in [4.78, 5) is 24.1. The van der Waals surface area contributed by atoms with Gasteiger partial charge in [-0.25, -0.2) is 0 Å². The highest BCUT2D eigenvalue weighted by molar-refractivity contribution is 5.98. The molecule has 0 N–H and O–H groups in total. The van der Waals surface area contributed by atoms with Crippen molar-refractivity contribution >= 4 is 11.8 Å². The predicted molar refractivity (Wildman–Crippen MR) is 68.8 cm³/mol. The first-order valence-corrected chi connectivity index (χ1v) is 6.25. The lowest BCUT2D eigenvalue weighted by atomic mass is 10.2. The van der Waals surface area contributed by atoms with E-state index in [1.165, 1.54) is 4.90 Å². The smallest absolute Gasteiger partial charge is 0.255 e. The molecule has 6 heteroatoms. The molecule has 6 nitrogen and oxygen atoms in total. The number of ether oxygens (including phenoxy) is 2. The Labute approximate surface area is 116 Å². The molecule has 1 aliphatic rings. The second-order valence-corrected chi connectivity index (χ2v) is 4.24. The minimum absolute atomic E-state index is 0.0517. The number of carbonyl (C=O) groups excluding carboxylic acids is 2. The number of morpholine rings is 1. The van der Waals surface area contributed by atoms with E-state index in [-0.39, 0.29) is 25.0 Å². The van der Waals surface area contributed by atoms with Crippen LogP contribution in [0.2, 0.25) is 0 Å². The highest BCUT2D eigenvalue weighted by Gasteiger charge is 2.25. The molecule has 1 aromatic rings. The monoisotopic (exact) mass is 274 g/mol. The summed E-state index contributed by atoms with van der Waals surface area (Å²) in [5.74, 6) is -0.132. The number of benzene rings is 1. The van der Waals surface area contributed by atoms with Crippen LogP contribution in [0.5, 0.6) is 5.75 Å². The van der Waals surface area contributed by atoms with Crippen LogP contribution < -0.4 is 4.74 Å². The van der Waals surface area contributed by atoms with E-state index < -0.39 is 0 Å². The van der Waals surface area contributed by atoms with Gasteiger partial charge in [0.15, 0.2) is 0 Å². The number of para-hydroxylation sites is 1. The zero-order valence-corrected chi connectivity index (χ0v) is 10.9. The SMILES string of the molecule is N#Cc1ccccc1OCCCN1C(=O)COCC1=O. The molecule has 0 bridgehead atoms. The van der Waals surface area contributed by atoms with E-state index in [9.17, 15) is 9.59 Å². The fraction of sp³-hybridized carbons (Fsp3) is 0.357. The molecule has 2 rings (SSSR count). The number of carbonyl (C=O) groups is 2. The molecule has 0 aromatic heterocycles. The summed E-state index contributed by atoms with van der Waals surface area (Å²) in [5, 5.41) is 8.91. The Balaban J connectivity index is 1.80. The Kier molecular flexibility index (Phi) is 4.69. The molecule has 1 heterocycles. The number of amides is 2. The highest BCUT2D eigenvalue weighted by Crippen LogP contribution is 2.16. The van der Waals surface area contributed by atoms with Crippen molar-refractivity contribution in [1.29, 1.82) is 5.26 Å². The molecule has 0 atom stereocenters. The molecule has 0 aliphatic carbocycles. The van der Waals surface area contributed by atoms with Gasteiger partial charge in [-0.05, 0) is 18.6 Å². The molecular weight excluding hydrogens is 260 g/mol. The van der Waals surface area contributed by atoms with Crippen LogP contribution in [0.25, 0.3) is 0 Å². The minimum Gasteiger partial charge on any atom is -0.492 e. The summed E-state index contributed by atoms with van der Waals surface area (Å²) >= 11 is 0. The molecule has 1 aliphatic heterocycles. The quantitative estimate of drug-likeness (QED) is 0.583. The van der Waals surface area contributed by atoms with E-state index in [1.54, 1.807) is 24.3 Å². The lowest BCUT2D eigenvalue weighted by molar-refractivity contribution is -0.158. The number of imide groups is 1. The zero-order chi connectivity index (χ0) is 14.4. The molecule has 0 radical (unpaired) electrons. The molecule has 2 amide bonds. The third kappa shape index (κ3) is 3.33. The van der Waals surface area contributed by atoms with Gasteiger partial charge < -0.3 is 9.47 Å². The molecule has 0 saturated carbocycles. The first kappa shape index (κ1) is 14.0. The molecule has 1 fully saturated rings. The molecule has 20 heavy (non-hydrogen) atoms. The van der Waals surface area contributed by atoms with Crippen LogP contribution in [-0.4, -0.2) is 43.1 Å². The van der Waals surface area contributed by atoms with Gasteiger partial charge in [0.25, 0.3) is 11.8 Å². The topological polar surface area (TPSA) is 79.6 Å². The summed E-state index contributed by atoms with van der Waals surface area (Å²) in [6, 6.07) is 8.97. The molecule has 0 spiro atoms. The maximum absolute atomic E-state index is 11.5. The van der Waals surface area contributed by atoms with Gasteiger partial charge in [0.2, 0.25) is 0 Å². The van der Waals surface area contributed by atoms with Crippen LogP contribution in [0.4, 0.5) is 0 Å². The lowest BCUT2D eigenvalue weighted by Crippen LogP contribution is -2.46. The van der Waals surface area contributed by atoms with Gasteiger partial charge in [-0.1, -0.05) is 12.1 Å². The Hall–Kier alpha value is -2.39. The van der Waals surface area contributed by atoms with E-state index in [0.717, 1.165) is 0 Å². The van der Waals surface area contributed by atoms with Crippen molar-refractivity contribution in [3.05, 3.63) is 29.8 Å². The first-order chi connectivity index (χ1) is 9.72. The third-order valence-electron chi connectivity index (χ3n) is 2.84. The molecule has 104 valence electrons. The minimum atomic E-state index is -0.321. The van der Waals surface area contributed by atoms with Crippen LogP contribution in [0.1, 0.15) is 12.0 Å². The average molecular weight is 274 g/mol. The van der Waals surface area contributed by atoms with E-state index in [1.807, 2.05) is 6.07 Å². The number of nitriles is 1. The third-order valence-corrected chi connectivity index (χ3v) is 2.84. The number of nitrogens with zero attached hydrogens (tertiary/aromatic N) is 2. The van der Waals surface area contributed by atoms with E-state index in [2.05, 4.69) is 0 Å². The summed E-state index contributed by atoms with van der Waals surface area (Å²) < 4.78 is 10.3. The second kappa shape index (κ2) is 6.68. The van der Waals surface area contributed by atoms with Crippen molar-refractivity contribution in [1.82, 2.24) is 4.90 Å².